The summed E-state index contributed by atoms with van der Waals surface area (Å²) >= 11 is 0. The Morgan fingerprint density at radius 3 is 2.76 bits per heavy atom. The van der Waals surface area contributed by atoms with Crippen molar-refractivity contribution in [1.29, 1.82) is 0 Å². The van der Waals surface area contributed by atoms with E-state index in [0.29, 0.717) is 12.2 Å². The molecule has 0 fully saturated rings. The fourth-order valence-electron chi connectivity index (χ4n) is 1.53. The molecule has 0 bridgehead atoms. The number of benzene rings is 1. The zero-order valence-electron chi connectivity index (χ0n) is 9.08. The van der Waals surface area contributed by atoms with Gasteiger partial charge in [0.2, 0.25) is 0 Å². The lowest BCUT2D eigenvalue weighted by Gasteiger charge is -2.05. The number of aromatic nitrogens is 2. The number of aromatic amines is 1. The largest absolute Gasteiger partial charge is 0.531 e. The van der Waals surface area contributed by atoms with Crippen LogP contribution in [0, 0.1) is 0 Å². The summed E-state index contributed by atoms with van der Waals surface area (Å²) in [6, 6.07) is 9.72. The molecule has 0 saturated carbocycles. The highest BCUT2D eigenvalue weighted by Crippen LogP contribution is 2.33. The van der Waals surface area contributed by atoms with Crippen LogP contribution in [0.25, 0.3) is 0 Å². The second kappa shape index (κ2) is 5.68. The van der Waals surface area contributed by atoms with Crippen molar-refractivity contribution in [3.05, 3.63) is 54.1 Å². The Kier molecular flexibility index (Phi) is 3.98. The summed E-state index contributed by atoms with van der Waals surface area (Å²) in [5.74, 6) is -0.618. The molecule has 88 valence electrons. The highest BCUT2D eigenvalue weighted by Gasteiger charge is 2.31. The fourth-order valence-corrected chi connectivity index (χ4v) is 2.16. The Hall–Kier alpha value is -1.55. The predicted octanol–water partition coefficient (Wildman–Crippen LogP) is 1.93. The summed E-state index contributed by atoms with van der Waals surface area (Å²) in [5, 5.41) is 3.03. The lowest BCUT2D eigenvalue weighted by molar-refractivity contribution is 0.472. The zero-order chi connectivity index (χ0) is 12.1. The lowest BCUT2D eigenvalue weighted by Crippen LogP contribution is -2.18. The molecular formula is C11H13N3O2P+. The molecule has 2 rings (SSSR count). The van der Waals surface area contributed by atoms with Gasteiger partial charge in [0.25, 0.3) is 5.78 Å². The molecule has 1 heterocycles. The maximum Gasteiger partial charge on any atom is 0.531 e. The van der Waals surface area contributed by atoms with Gasteiger partial charge in [0.1, 0.15) is 5.69 Å². The summed E-state index contributed by atoms with van der Waals surface area (Å²) in [6.45, 7) is 0.534. The van der Waals surface area contributed by atoms with E-state index in [2.05, 4.69) is 15.3 Å². The first-order valence-electron chi connectivity index (χ1n) is 5.18. The number of nitrogens with one attached hydrogen (secondary N) is 2. The summed E-state index contributed by atoms with van der Waals surface area (Å²) < 4.78 is 11.3. The minimum Gasteiger partial charge on any atom is -0.343 e. The topological polar surface area (TPSA) is 78.0 Å². The van der Waals surface area contributed by atoms with E-state index in [1.807, 2.05) is 30.3 Å². The van der Waals surface area contributed by atoms with E-state index < -0.39 is 13.8 Å². The molecule has 1 aromatic carbocycles. The van der Waals surface area contributed by atoms with Crippen molar-refractivity contribution in [1.82, 2.24) is 15.3 Å². The van der Waals surface area contributed by atoms with E-state index in [0.717, 1.165) is 5.56 Å². The van der Waals surface area contributed by atoms with Crippen molar-refractivity contribution < 1.29 is 9.46 Å². The average molecular weight is 250 g/mol. The van der Waals surface area contributed by atoms with Crippen molar-refractivity contribution >= 4 is 8.03 Å². The number of nitrogens with zero attached hydrogens (tertiary/aromatic N) is 1. The SMILES string of the molecule is O=[P+](O)C(NCc1ccccc1)c1cnc[nH]1. The monoisotopic (exact) mass is 250 g/mol. The van der Waals surface area contributed by atoms with E-state index in [4.69, 9.17) is 0 Å². The van der Waals surface area contributed by atoms with Gasteiger partial charge in [0, 0.05) is 6.54 Å². The Bertz CT molecular complexity index is 473. The highest BCUT2D eigenvalue weighted by molar-refractivity contribution is 7.38. The van der Waals surface area contributed by atoms with E-state index >= 15 is 0 Å². The minimum absolute atomic E-state index is 0.534. The van der Waals surface area contributed by atoms with Crippen LogP contribution in [-0.4, -0.2) is 14.9 Å². The first-order valence-corrected chi connectivity index (χ1v) is 6.46. The van der Waals surface area contributed by atoms with Crippen LogP contribution < -0.4 is 5.32 Å². The molecule has 17 heavy (non-hydrogen) atoms. The van der Waals surface area contributed by atoms with Crippen LogP contribution in [0.3, 0.4) is 0 Å². The van der Waals surface area contributed by atoms with Crippen LogP contribution in [-0.2, 0) is 11.1 Å². The first-order chi connectivity index (χ1) is 8.27. The van der Waals surface area contributed by atoms with Gasteiger partial charge in [-0.1, -0.05) is 30.3 Å². The maximum absolute atomic E-state index is 11.3. The van der Waals surface area contributed by atoms with Crippen molar-refractivity contribution in [2.75, 3.05) is 0 Å². The Balaban J connectivity index is 2.03. The molecule has 1 aromatic heterocycles. The molecule has 3 N–H and O–H groups in total. The molecule has 0 aliphatic carbocycles. The van der Waals surface area contributed by atoms with Gasteiger partial charge in [-0.05, 0) is 10.1 Å². The number of H-pyrrole nitrogens is 1. The van der Waals surface area contributed by atoms with Crippen molar-refractivity contribution in [2.45, 2.75) is 12.3 Å². The molecule has 0 aliphatic heterocycles. The van der Waals surface area contributed by atoms with Gasteiger partial charge in [0.05, 0.1) is 12.5 Å². The predicted molar refractivity (Wildman–Crippen MR) is 64.4 cm³/mol. The van der Waals surface area contributed by atoms with Crippen LogP contribution in [0.15, 0.2) is 42.9 Å². The van der Waals surface area contributed by atoms with E-state index in [-0.39, 0.29) is 0 Å². The van der Waals surface area contributed by atoms with Crippen molar-refractivity contribution in [2.24, 2.45) is 0 Å². The minimum atomic E-state index is -2.34. The molecule has 0 amide bonds. The smallest absolute Gasteiger partial charge is 0.343 e. The Morgan fingerprint density at radius 1 is 1.41 bits per heavy atom. The number of hydrogen-bond acceptors (Lipinski definition) is 3. The molecule has 0 spiro atoms. The molecule has 2 aromatic rings. The molecule has 2 unspecified atom stereocenters. The van der Waals surface area contributed by atoms with Gasteiger partial charge >= 0.3 is 8.03 Å². The second-order valence-corrected chi connectivity index (χ2v) is 4.70. The van der Waals surface area contributed by atoms with Gasteiger partial charge < -0.3 is 4.98 Å². The summed E-state index contributed by atoms with van der Waals surface area (Å²) in [7, 11) is -2.34. The zero-order valence-corrected chi connectivity index (χ0v) is 9.97. The third-order valence-corrected chi connectivity index (χ3v) is 3.28. The number of rotatable bonds is 5. The lowest BCUT2D eigenvalue weighted by atomic mass is 10.2. The highest BCUT2D eigenvalue weighted by atomic mass is 31.1. The molecule has 5 nitrogen and oxygen atoms in total. The molecular weight excluding hydrogens is 237 g/mol. The third-order valence-electron chi connectivity index (χ3n) is 2.38. The van der Waals surface area contributed by atoms with Crippen LogP contribution in [0.4, 0.5) is 0 Å². The first kappa shape index (κ1) is 11.9. The second-order valence-electron chi connectivity index (χ2n) is 3.58. The summed E-state index contributed by atoms with van der Waals surface area (Å²) in [4.78, 5) is 15.9. The maximum atomic E-state index is 11.3. The average Bonchev–Trinajstić information content (AvgIpc) is 2.84. The summed E-state index contributed by atoms with van der Waals surface area (Å²) in [6.07, 6.45) is 3.04. The summed E-state index contributed by atoms with van der Waals surface area (Å²) in [5.41, 5.74) is 1.68. The molecule has 0 aliphatic rings. The van der Waals surface area contributed by atoms with Crippen LogP contribution in [0.5, 0.6) is 0 Å². The van der Waals surface area contributed by atoms with Gasteiger partial charge in [-0.2, -0.15) is 4.89 Å². The standard InChI is InChI=1S/C11H12N3O2P/c15-17(16)11(10-7-12-8-14-10)13-6-9-4-2-1-3-5-9/h1-5,7-8,11,13H,6H2,(H-,12,14,15,16)/p+1. The van der Waals surface area contributed by atoms with Crippen molar-refractivity contribution in [3.8, 4) is 0 Å². The quantitative estimate of drug-likeness (QED) is 0.708. The van der Waals surface area contributed by atoms with E-state index in [1.54, 1.807) is 6.20 Å². The van der Waals surface area contributed by atoms with Gasteiger partial charge in [-0.3, -0.25) is 5.32 Å². The molecule has 0 radical (unpaired) electrons. The Labute approximate surface area is 99.8 Å². The third kappa shape index (κ3) is 3.20. The molecule has 0 saturated heterocycles. The molecule has 2 atom stereocenters. The van der Waals surface area contributed by atoms with Crippen LogP contribution in [0.2, 0.25) is 0 Å². The molecule has 6 heteroatoms. The van der Waals surface area contributed by atoms with Gasteiger partial charge in [0.15, 0.2) is 0 Å². The fraction of sp³-hybridized carbons (Fsp3) is 0.182. The number of hydrogen-bond donors (Lipinski definition) is 3. The normalized spacial score (nSPS) is 13.4. The Morgan fingerprint density at radius 2 is 2.18 bits per heavy atom. The van der Waals surface area contributed by atoms with Crippen LogP contribution >= 0.6 is 8.03 Å². The van der Waals surface area contributed by atoms with E-state index in [9.17, 15) is 9.46 Å². The van der Waals surface area contributed by atoms with Crippen LogP contribution in [0.1, 0.15) is 17.0 Å². The van der Waals surface area contributed by atoms with E-state index in [1.165, 1.54) is 6.33 Å². The van der Waals surface area contributed by atoms with Crippen molar-refractivity contribution in [3.63, 3.8) is 0 Å². The van der Waals surface area contributed by atoms with Gasteiger partial charge in [-0.25, -0.2) is 4.98 Å². The number of imidazole rings is 1. The van der Waals surface area contributed by atoms with Gasteiger partial charge in [-0.15, -0.1) is 0 Å².